The first kappa shape index (κ1) is 47.1. The maximum absolute atomic E-state index is 10.7. The quantitative estimate of drug-likeness (QED) is 0.0737. The molecule has 334 valence electrons. The van der Waals surface area contributed by atoms with Crippen LogP contribution in [0.2, 0.25) is 0 Å². The van der Waals surface area contributed by atoms with Gasteiger partial charge in [0, 0.05) is 35.4 Å². The summed E-state index contributed by atoms with van der Waals surface area (Å²) in [5.74, 6) is 1.41. The van der Waals surface area contributed by atoms with Crippen LogP contribution in [0, 0.1) is 0 Å². The van der Waals surface area contributed by atoms with Gasteiger partial charge in [-0.05, 0) is 53.6 Å². The first-order valence-electron chi connectivity index (χ1n) is 18.1. The van der Waals surface area contributed by atoms with Gasteiger partial charge in [-0.25, -0.2) is 19.1 Å². The van der Waals surface area contributed by atoms with Gasteiger partial charge in [0.1, 0.15) is 13.2 Å². The van der Waals surface area contributed by atoms with Gasteiger partial charge in [0.25, 0.3) is 0 Å². The number of benzene rings is 3. The fourth-order valence-corrected chi connectivity index (χ4v) is 5.54. The zero-order valence-electron chi connectivity index (χ0n) is 31.7. The average molecular weight is 921 g/mol. The molecule has 6 aromatic rings. The van der Waals surface area contributed by atoms with Crippen LogP contribution >= 0.6 is 15.6 Å². The molecular formula is C38H38F12N4O5P2. The molecule has 0 aliphatic carbocycles. The minimum atomic E-state index is -10.7. The summed E-state index contributed by atoms with van der Waals surface area (Å²) in [5, 5.41) is 0. The van der Waals surface area contributed by atoms with E-state index in [-0.39, 0.29) is 0 Å². The second-order valence-corrected chi connectivity index (χ2v) is 17.1. The van der Waals surface area contributed by atoms with E-state index in [1.54, 1.807) is 0 Å². The molecule has 0 bridgehead atoms. The molecule has 0 atom stereocenters. The number of rotatable bonds is 5. The predicted molar refractivity (Wildman–Crippen MR) is 205 cm³/mol. The third kappa shape index (κ3) is 20.0. The molecule has 23 heteroatoms. The summed E-state index contributed by atoms with van der Waals surface area (Å²) in [7, 11) is -21.3. The molecule has 1 aliphatic heterocycles. The first-order valence-corrected chi connectivity index (χ1v) is 22.1. The Morgan fingerprint density at radius 3 is 1.23 bits per heavy atom. The number of aromatic nitrogens is 4. The van der Waals surface area contributed by atoms with Gasteiger partial charge >= 0.3 is 66.0 Å². The molecule has 3 aromatic heterocycles. The number of fused-ring (bicyclic) bond motifs is 3. The van der Waals surface area contributed by atoms with Crippen molar-refractivity contribution in [3.05, 3.63) is 121 Å². The Morgan fingerprint density at radius 1 is 0.410 bits per heavy atom. The summed E-state index contributed by atoms with van der Waals surface area (Å²) >= 11 is 0. The minimum Gasteiger partial charge on any atom is -0.487 e. The summed E-state index contributed by atoms with van der Waals surface area (Å²) in [6.07, 6.45) is 8.46. The summed E-state index contributed by atoms with van der Waals surface area (Å²) in [5.41, 5.74) is 8.27. The molecule has 0 saturated carbocycles. The Labute approximate surface area is 339 Å². The Bertz CT molecular complexity index is 2360. The molecule has 7 rings (SSSR count). The number of hydrogen-bond donors (Lipinski definition) is 0. The van der Waals surface area contributed by atoms with E-state index >= 15 is 0 Å². The molecule has 61 heavy (non-hydrogen) atoms. The van der Waals surface area contributed by atoms with Crippen LogP contribution in [-0.2, 0) is 27.3 Å². The zero-order valence-corrected chi connectivity index (χ0v) is 33.5. The molecule has 0 unspecified atom stereocenters. The predicted octanol–water partition coefficient (Wildman–Crippen LogP) is 11.7. The third-order valence-corrected chi connectivity index (χ3v) is 7.97. The van der Waals surface area contributed by atoms with Crippen molar-refractivity contribution in [2.24, 2.45) is 0 Å². The maximum Gasteiger partial charge on any atom is 0.173 e. The Hall–Kier alpha value is -4.94. The van der Waals surface area contributed by atoms with Crippen LogP contribution in [0.25, 0.3) is 33.2 Å². The normalized spacial score (nSPS) is 16.7. The smallest absolute Gasteiger partial charge is 0.173 e. The topological polar surface area (TPSA) is 79.7 Å². The van der Waals surface area contributed by atoms with Crippen molar-refractivity contribution < 1.29 is 83.2 Å². The van der Waals surface area contributed by atoms with Crippen LogP contribution in [0.15, 0.2) is 110 Å². The van der Waals surface area contributed by atoms with E-state index in [0.29, 0.717) is 70.9 Å². The Morgan fingerprint density at radius 2 is 0.770 bits per heavy atom. The molecule has 0 saturated heterocycles. The largest absolute Gasteiger partial charge is 0.487 e. The van der Waals surface area contributed by atoms with Crippen molar-refractivity contribution in [2.45, 2.75) is 13.1 Å². The van der Waals surface area contributed by atoms with E-state index in [0.717, 1.165) is 45.3 Å². The molecule has 0 radical (unpaired) electrons. The molecule has 1 aliphatic rings. The molecule has 0 spiro atoms. The minimum absolute atomic E-state index is 0.434. The Balaban J connectivity index is 0.000000434. The number of ether oxygens (including phenoxy) is 5. The van der Waals surface area contributed by atoms with Crippen LogP contribution in [-0.4, -0.2) is 62.8 Å². The second kappa shape index (κ2) is 17.4. The van der Waals surface area contributed by atoms with Gasteiger partial charge in [0.2, 0.25) is 0 Å². The van der Waals surface area contributed by atoms with E-state index in [1.165, 1.54) is 5.56 Å². The molecule has 0 amide bonds. The van der Waals surface area contributed by atoms with E-state index < -0.39 is 15.6 Å². The van der Waals surface area contributed by atoms with Crippen molar-refractivity contribution in [3.63, 3.8) is 0 Å². The van der Waals surface area contributed by atoms with Crippen molar-refractivity contribution in [1.29, 1.82) is 0 Å². The number of nitrogens with zero attached hydrogens (tertiary/aromatic N) is 4. The fraction of sp³-hybridized carbons (Fsp3) is 0.263. The fourth-order valence-electron chi connectivity index (χ4n) is 5.54. The maximum atomic E-state index is 9.87. The molecule has 0 fully saturated rings. The van der Waals surface area contributed by atoms with Crippen LogP contribution in [0.3, 0.4) is 0 Å². The van der Waals surface area contributed by atoms with Gasteiger partial charge in [-0.2, -0.15) is 0 Å². The van der Waals surface area contributed by atoms with E-state index in [1.807, 2.05) is 36.4 Å². The standard InChI is InChI=1S/C38H38N4O5.2F6P/c1-2-4-34-33(3-1)39-35-7-5-29(25-36(35)40-34)27-41-13-9-31(10-14-41)32-11-15-42(16-12-32)28-30-6-8-37-38(26-30)47-24-22-45-20-18-43-17-19-44-21-23-46-37;2*1-7(2,3,4,5)6/h1-16,25-26H,17-24,27-28H2;;/q+2;2*-1. The summed E-state index contributed by atoms with van der Waals surface area (Å²) in [6.45, 7) is 5.46. The molecule has 0 N–H and O–H groups in total. The molecule has 4 heterocycles. The number of halogens is 12. The van der Waals surface area contributed by atoms with Gasteiger partial charge in [-0.3, -0.25) is 0 Å². The number of pyridine rings is 2. The molecular weight excluding hydrogens is 882 g/mol. The average Bonchev–Trinajstić information content (AvgIpc) is 3.15. The van der Waals surface area contributed by atoms with Crippen molar-refractivity contribution in [1.82, 2.24) is 9.97 Å². The summed E-state index contributed by atoms with van der Waals surface area (Å²) in [4.78, 5) is 9.57. The third-order valence-electron chi connectivity index (χ3n) is 7.97. The van der Waals surface area contributed by atoms with Crippen molar-refractivity contribution in [3.8, 4) is 22.6 Å². The number of para-hydroxylation sites is 2. The van der Waals surface area contributed by atoms with Crippen LogP contribution < -0.4 is 18.6 Å². The summed E-state index contributed by atoms with van der Waals surface area (Å²) in [6, 6.07) is 29.0. The van der Waals surface area contributed by atoms with Crippen LogP contribution in [0.5, 0.6) is 11.5 Å². The van der Waals surface area contributed by atoms with Crippen LogP contribution in [0.4, 0.5) is 50.4 Å². The van der Waals surface area contributed by atoms with Crippen molar-refractivity contribution >= 4 is 37.7 Å². The monoisotopic (exact) mass is 920 g/mol. The van der Waals surface area contributed by atoms with Gasteiger partial charge < -0.3 is 23.7 Å². The zero-order chi connectivity index (χ0) is 44.5. The number of hydrogen-bond acceptors (Lipinski definition) is 7. The first-order chi connectivity index (χ1) is 28.2. The van der Waals surface area contributed by atoms with Gasteiger partial charge in [0.05, 0.1) is 61.7 Å². The Kier molecular flexibility index (Phi) is 13.5. The SMILES string of the molecule is F[P-](F)(F)(F)(F)F.F[P-](F)(F)(F)(F)F.c1ccc2nc3cc(C[n+]4ccc(-c5cc[n+](Cc6ccc7c(c6)OCCOCCOCCOCCO7)cc5)cc4)ccc3nc2c1. The second-order valence-electron chi connectivity index (χ2n) is 13.3. The van der Waals surface area contributed by atoms with Gasteiger partial charge in [0.15, 0.2) is 49.4 Å². The van der Waals surface area contributed by atoms with E-state index in [4.69, 9.17) is 33.7 Å². The van der Waals surface area contributed by atoms with Gasteiger partial charge in [-0.15, -0.1) is 0 Å². The van der Waals surface area contributed by atoms with Crippen LogP contribution in [0.1, 0.15) is 11.1 Å². The van der Waals surface area contributed by atoms with E-state index in [2.05, 4.69) is 82.5 Å². The van der Waals surface area contributed by atoms with E-state index in [9.17, 15) is 50.4 Å². The summed E-state index contributed by atoms with van der Waals surface area (Å²) < 4.78 is 151. The van der Waals surface area contributed by atoms with Crippen molar-refractivity contribution in [2.75, 3.05) is 52.9 Å². The van der Waals surface area contributed by atoms with Gasteiger partial charge in [-0.1, -0.05) is 18.2 Å². The molecule has 3 aromatic carbocycles. The molecule has 9 nitrogen and oxygen atoms in total.